The zero-order chi connectivity index (χ0) is 11.8. The van der Waals surface area contributed by atoms with Crippen LogP contribution in [0.3, 0.4) is 0 Å². The molecule has 1 aliphatic heterocycles. The molecule has 0 radical (unpaired) electrons. The lowest BCUT2D eigenvalue weighted by molar-refractivity contribution is 0.626. The number of hydrogen-bond acceptors (Lipinski definition) is 2. The first-order valence-electron chi connectivity index (χ1n) is 5.51. The van der Waals surface area contributed by atoms with Crippen LogP contribution in [0.15, 0.2) is 52.7 Å². The molecule has 0 aromatic heterocycles. The van der Waals surface area contributed by atoms with Gasteiger partial charge in [-0.25, -0.2) is 4.39 Å². The van der Waals surface area contributed by atoms with Crippen LogP contribution in [0.25, 0.3) is 0 Å². The molecular weight excluding hydrogens is 215 g/mol. The van der Waals surface area contributed by atoms with Crippen LogP contribution in [-0.4, -0.2) is 0 Å². The average molecular weight is 226 g/mol. The van der Waals surface area contributed by atoms with E-state index in [1.807, 2.05) is 19.1 Å². The Labute approximate surface area is 98.8 Å². The number of azo groups is 1. The number of rotatable bonds is 1. The zero-order valence-corrected chi connectivity index (χ0v) is 9.39. The van der Waals surface area contributed by atoms with Gasteiger partial charge >= 0.3 is 0 Å². The lowest BCUT2D eigenvalue weighted by Crippen LogP contribution is -1.94. The summed E-state index contributed by atoms with van der Waals surface area (Å²) in [5, 5.41) is 8.40. The molecule has 17 heavy (non-hydrogen) atoms. The van der Waals surface area contributed by atoms with Gasteiger partial charge in [-0.05, 0) is 30.7 Å². The molecule has 1 heterocycles. The number of aryl methyl sites for hydroxylation is 1. The van der Waals surface area contributed by atoms with Crippen LogP contribution in [-0.2, 0) is 0 Å². The molecule has 0 fully saturated rings. The number of hydrogen-bond donors (Lipinski definition) is 0. The molecule has 0 spiro atoms. The van der Waals surface area contributed by atoms with Crippen molar-refractivity contribution in [3.8, 4) is 0 Å². The summed E-state index contributed by atoms with van der Waals surface area (Å²) in [6.07, 6.45) is 0. The summed E-state index contributed by atoms with van der Waals surface area (Å²) in [4.78, 5) is 0. The highest BCUT2D eigenvalue weighted by Crippen LogP contribution is 2.39. The Kier molecular flexibility index (Phi) is 2.25. The van der Waals surface area contributed by atoms with Gasteiger partial charge in [-0.1, -0.05) is 29.8 Å². The molecule has 1 atom stereocenters. The van der Waals surface area contributed by atoms with Crippen LogP contribution in [0, 0.1) is 12.7 Å². The summed E-state index contributed by atoms with van der Waals surface area (Å²) in [6.45, 7) is 2.04. The minimum absolute atomic E-state index is 0.0921. The highest BCUT2D eigenvalue weighted by atomic mass is 19.1. The van der Waals surface area contributed by atoms with Crippen LogP contribution >= 0.6 is 0 Å². The molecule has 0 aliphatic carbocycles. The van der Waals surface area contributed by atoms with E-state index in [1.165, 1.54) is 17.7 Å². The van der Waals surface area contributed by atoms with Gasteiger partial charge in [0.05, 0.1) is 5.69 Å². The van der Waals surface area contributed by atoms with Gasteiger partial charge in [-0.3, -0.25) is 0 Å². The minimum atomic E-state index is -0.229. The maximum atomic E-state index is 12.9. The first-order chi connectivity index (χ1) is 8.24. The van der Waals surface area contributed by atoms with Crippen molar-refractivity contribution >= 4 is 5.69 Å². The predicted octanol–water partition coefficient (Wildman–Crippen LogP) is 4.32. The van der Waals surface area contributed by atoms with Gasteiger partial charge in [0.15, 0.2) is 0 Å². The summed E-state index contributed by atoms with van der Waals surface area (Å²) in [6, 6.07) is 12.4. The Morgan fingerprint density at radius 3 is 2.59 bits per heavy atom. The van der Waals surface area contributed by atoms with Gasteiger partial charge in [-0.2, -0.15) is 10.2 Å². The van der Waals surface area contributed by atoms with Crippen molar-refractivity contribution in [1.82, 2.24) is 0 Å². The van der Waals surface area contributed by atoms with E-state index in [4.69, 9.17) is 0 Å². The molecule has 0 saturated heterocycles. The van der Waals surface area contributed by atoms with Crippen LogP contribution in [0.4, 0.5) is 10.1 Å². The first-order valence-corrected chi connectivity index (χ1v) is 5.51. The van der Waals surface area contributed by atoms with Crippen molar-refractivity contribution in [2.75, 3.05) is 0 Å². The summed E-state index contributed by atoms with van der Waals surface area (Å²) < 4.78 is 12.9. The van der Waals surface area contributed by atoms with Gasteiger partial charge in [0.2, 0.25) is 0 Å². The van der Waals surface area contributed by atoms with E-state index >= 15 is 0 Å². The van der Waals surface area contributed by atoms with Gasteiger partial charge in [-0.15, -0.1) is 0 Å². The fourth-order valence-electron chi connectivity index (χ4n) is 2.06. The quantitative estimate of drug-likeness (QED) is 0.691. The Hall–Kier alpha value is -2.03. The third-order valence-corrected chi connectivity index (χ3v) is 2.94. The van der Waals surface area contributed by atoms with Gasteiger partial charge < -0.3 is 0 Å². The van der Waals surface area contributed by atoms with Crippen LogP contribution in [0.5, 0.6) is 0 Å². The second kappa shape index (κ2) is 3.77. The third kappa shape index (κ3) is 1.73. The predicted molar refractivity (Wildman–Crippen MR) is 63.9 cm³/mol. The molecule has 84 valence electrons. The molecule has 2 nitrogen and oxygen atoms in total. The fraction of sp³-hybridized carbons (Fsp3) is 0.143. The summed E-state index contributed by atoms with van der Waals surface area (Å²) in [5.74, 6) is -0.229. The Balaban J connectivity index is 2.06. The minimum Gasteiger partial charge on any atom is -0.207 e. The normalized spacial score (nSPS) is 17.2. The Morgan fingerprint density at radius 2 is 1.82 bits per heavy atom. The number of nitrogens with zero attached hydrogens (tertiary/aromatic N) is 2. The lowest BCUT2D eigenvalue weighted by Gasteiger charge is -2.08. The zero-order valence-electron chi connectivity index (χ0n) is 9.39. The number of fused-ring (bicyclic) bond motifs is 1. The van der Waals surface area contributed by atoms with E-state index in [0.717, 1.165) is 16.8 Å². The van der Waals surface area contributed by atoms with E-state index in [-0.39, 0.29) is 11.9 Å². The highest BCUT2D eigenvalue weighted by Gasteiger charge is 2.22. The molecule has 1 unspecified atom stereocenters. The van der Waals surface area contributed by atoms with Crippen molar-refractivity contribution in [2.45, 2.75) is 13.0 Å². The fourth-order valence-corrected chi connectivity index (χ4v) is 2.06. The number of benzene rings is 2. The Morgan fingerprint density at radius 1 is 1.06 bits per heavy atom. The monoisotopic (exact) mass is 226 g/mol. The molecule has 0 amide bonds. The lowest BCUT2D eigenvalue weighted by atomic mass is 9.97. The largest absolute Gasteiger partial charge is 0.207 e. The van der Waals surface area contributed by atoms with Crippen LogP contribution in [0.2, 0.25) is 0 Å². The molecule has 2 aromatic carbocycles. The van der Waals surface area contributed by atoms with Crippen LogP contribution in [0.1, 0.15) is 22.7 Å². The third-order valence-electron chi connectivity index (χ3n) is 2.94. The summed E-state index contributed by atoms with van der Waals surface area (Å²) in [7, 11) is 0. The van der Waals surface area contributed by atoms with Crippen molar-refractivity contribution < 1.29 is 4.39 Å². The summed E-state index contributed by atoms with van der Waals surface area (Å²) >= 11 is 0. The van der Waals surface area contributed by atoms with Crippen molar-refractivity contribution in [1.29, 1.82) is 0 Å². The average Bonchev–Trinajstić information content (AvgIpc) is 2.73. The molecule has 3 heteroatoms. The van der Waals surface area contributed by atoms with E-state index in [2.05, 4.69) is 16.3 Å². The van der Waals surface area contributed by atoms with Crippen molar-refractivity contribution in [3.63, 3.8) is 0 Å². The molecular formula is C14H11FN2. The van der Waals surface area contributed by atoms with Crippen molar-refractivity contribution in [3.05, 3.63) is 65.0 Å². The number of halogens is 1. The highest BCUT2D eigenvalue weighted by molar-refractivity contribution is 5.54. The van der Waals surface area contributed by atoms with Gasteiger partial charge in [0, 0.05) is 5.56 Å². The SMILES string of the molecule is Cc1ccc2c(c1)C(c1ccc(F)cc1)N=N2. The molecule has 0 bridgehead atoms. The topological polar surface area (TPSA) is 24.7 Å². The maximum absolute atomic E-state index is 12.9. The smallest absolute Gasteiger partial charge is 0.123 e. The second-order valence-corrected chi connectivity index (χ2v) is 4.23. The van der Waals surface area contributed by atoms with Gasteiger partial charge in [0.1, 0.15) is 11.9 Å². The van der Waals surface area contributed by atoms with E-state index in [9.17, 15) is 4.39 Å². The van der Waals surface area contributed by atoms with E-state index < -0.39 is 0 Å². The van der Waals surface area contributed by atoms with E-state index in [1.54, 1.807) is 12.1 Å². The molecule has 2 aromatic rings. The Bertz CT molecular complexity index is 588. The second-order valence-electron chi connectivity index (χ2n) is 4.23. The van der Waals surface area contributed by atoms with Crippen LogP contribution < -0.4 is 0 Å². The van der Waals surface area contributed by atoms with Gasteiger partial charge in [0.25, 0.3) is 0 Å². The molecule has 0 N–H and O–H groups in total. The standard InChI is InChI=1S/C14H11FN2/c1-9-2-7-13-12(8-9)14(17-16-13)10-3-5-11(15)6-4-10/h2-8,14H,1H3. The summed E-state index contributed by atoms with van der Waals surface area (Å²) in [5.41, 5.74) is 4.16. The molecule has 3 rings (SSSR count). The maximum Gasteiger partial charge on any atom is 0.123 e. The van der Waals surface area contributed by atoms with Crippen molar-refractivity contribution in [2.24, 2.45) is 10.2 Å². The molecule has 1 aliphatic rings. The first kappa shape index (κ1) is 10.1. The molecule has 0 saturated carbocycles. The van der Waals surface area contributed by atoms with E-state index in [0.29, 0.717) is 0 Å².